The molecule has 2 bridgehead atoms. The Morgan fingerprint density at radius 2 is 1.43 bits per heavy atom. The third kappa shape index (κ3) is 26.5. The number of fused-ring (bicyclic) bond motifs is 3. The van der Waals surface area contributed by atoms with Crippen LogP contribution in [0.15, 0.2) is 114 Å². The Labute approximate surface area is 439 Å². The lowest BCUT2D eigenvalue weighted by molar-refractivity contribution is -0.194. The van der Waals surface area contributed by atoms with Gasteiger partial charge in [0.1, 0.15) is 30.9 Å². The van der Waals surface area contributed by atoms with E-state index in [1.165, 1.54) is 30.4 Å². The van der Waals surface area contributed by atoms with Crippen LogP contribution in [0.2, 0.25) is 0 Å². The molecule has 9 N–H and O–H groups in total. The van der Waals surface area contributed by atoms with E-state index in [9.17, 15) is 58.8 Å². The summed E-state index contributed by atoms with van der Waals surface area (Å²) in [4.78, 5) is 64.2. The summed E-state index contributed by atoms with van der Waals surface area (Å²) in [5.74, 6) is -4.57. The molecule has 2 aliphatic rings. The minimum absolute atomic E-state index is 0.145. The van der Waals surface area contributed by atoms with Crippen molar-refractivity contribution in [1.29, 1.82) is 0 Å². The second kappa shape index (κ2) is 35.8. The van der Waals surface area contributed by atoms with E-state index in [4.69, 9.17) is 29.0 Å². The number of allylic oxidation sites excluding steroid dienone is 13. The number of nitrogen functional groups attached to an aromatic ring is 1. The highest BCUT2D eigenvalue weighted by Crippen LogP contribution is 2.60. The maximum absolute atomic E-state index is 13.3. The van der Waals surface area contributed by atoms with Gasteiger partial charge in [0, 0.05) is 30.9 Å². The molecule has 1 aromatic rings. The Kier molecular flexibility index (Phi) is 31.0. The van der Waals surface area contributed by atoms with Crippen molar-refractivity contribution in [2.24, 2.45) is 11.8 Å². The van der Waals surface area contributed by atoms with Crippen LogP contribution in [0.4, 0.5) is 5.82 Å². The van der Waals surface area contributed by atoms with E-state index in [0.29, 0.717) is 19.3 Å². The van der Waals surface area contributed by atoms with Gasteiger partial charge in [-0.1, -0.05) is 130 Å². The molecule has 3 rings (SSSR count). The van der Waals surface area contributed by atoms with Crippen LogP contribution >= 0.6 is 15.6 Å². The Morgan fingerprint density at radius 3 is 2.03 bits per heavy atom. The lowest BCUT2D eigenvalue weighted by Gasteiger charge is -2.40. The number of cyclic esters (lactones) is 1. The van der Waals surface area contributed by atoms with Gasteiger partial charge < -0.3 is 55.3 Å². The number of rotatable bonds is 22. The van der Waals surface area contributed by atoms with Gasteiger partial charge in [0.05, 0.1) is 44.1 Å². The summed E-state index contributed by atoms with van der Waals surface area (Å²) in [7, 11) is -11.3. The van der Waals surface area contributed by atoms with Gasteiger partial charge in [0.25, 0.3) is 0 Å². The number of unbranched alkanes of at least 4 members (excludes halogenated alkanes) is 2. The first-order valence-electron chi connectivity index (χ1n) is 25.5. The zero-order valence-corrected chi connectivity index (χ0v) is 44.7. The van der Waals surface area contributed by atoms with E-state index in [1.54, 1.807) is 6.08 Å². The minimum Gasteiger partial charge on any atom is -0.461 e. The number of aliphatic hydroxyl groups is 5. The highest BCUT2D eigenvalue weighted by Gasteiger charge is 2.45. The van der Waals surface area contributed by atoms with Crippen molar-refractivity contribution in [3.05, 3.63) is 120 Å². The molecule has 0 aliphatic carbocycles. The predicted octanol–water partition coefficient (Wildman–Crippen LogP) is 6.82. The van der Waals surface area contributed by atoms with Crippen LogP contribution in [0.25, 0.3) is 0 Å². The van der Waals surface area contributed by atoms with E-state index < -0.39 is 127 Å². The fraction of sp³-hybridized carbons (Fsp3) is 0.577. The molecule has 0 spiro atoms. The number of anilines is 1. The molecule has 1 aromatic heterocycles. The molecule has 2 aliphatic heterocycles. The number of esters is 2. The van der Waals surface area contributed by atoms with Crippen molar-refractivity contribution in [3.8, 4) is 0 Å². The topological polar surface area (TPSA) is 326 Å². The summed E-state index contributed by atoms with van der Waals surface area (Å²) in [6, 6.07) is 1.21. The number of aromatic nitrogens is 2. The highest BCUT2D eigenvalue weighted by atomic mass is 31.3. The standard InChI is InChI=1S/C52H79N3O18P2/c1-3-5-7-8-9-10-11-12-13-14-15-16-17-18-19-20-21-22-24-30-48(60)71-40-36-68-47(59)29-26-25-28-42-44(58)35-43(57)41(32-31-39(56)27-23-6-4-2)49(61)50(62)45(38-70-75(66,67)73-74(64,65)69-37-40)72-51(42)55-34-33-46(53)54-52(55)63/h5,7,9-10,12-13,15-16,18-19,21-22,25-26,31-34,39-45,49-51,56-58,61-62H,3-4,6,8,11,14,17,20,23-24,27-30,35-38H2,1-2H3,(H,64,65)(H,66,67)(H2,53,54,63)/b7-5-,10-9-,13-12-,16-15-,19-18-,22-21-,26-25-,32-31+/t39-,40-,41+,42-,43-,44+,45-,49+,50-,51-/m1/s1. The van der Waals surface area contributed by atoms with Crippen LogP contribution in [0, 0.1) is 11.8 Å². The number of nitrogens with two attached hydrogens (primary N) is 1. The van der Waals surface area contributed by atoms with E-state index in [-0.39, 0.29) is 25.1 Å². The molecule has 0 saturated carbocycles. The van der Waals surface area contributed by atoms with Gasteiger partial charge in [0.15, 0.2) is 6.10 Å². The number of carbonyl (C=O) groups is 2. The fourth-order valence-corrected chi connectivity index (χ4v) is 9.82. The van der Waals surface area contributed by atoms with Gasteiger partial charge in [-0.2, -0.15) is 9.29 Å². The molecule has 1 fully saturated rings. The first-order chi connectivity index (χ1) is 35.9. The first kappa shape index (κ1) is 64.8. The van der Waals surface area contributed by atoms with Crippen molar-refractivity contribution in [2.75, 3.05) is 25.6 Å². The van der Waals surface area contributed by atoms with Crippen LogP contribution in [0.5, 0.6) is 0 Å². The van der Waals surface area contributed by atoms with Gasteiger partial charge in [-0.15, -0.1) is 0 Å². The van der Waals surface area contributed by atoms with Gasteiger partial charge in [-0.05, 0) is 63.9 Å². The number of phosphoric acid groups is 2. The number of hydrogen-bond donors (Lipinski definition) is 8. The summed E-state index contributed by atoms with van der Waals surface area (Å²) < 4.78 is 58.6. The van der Waals surface area contributed by atoms with E-state index in [1.807, 2.05) is 25.2 Å². The Balaban J connectivity index is 1.78. The zero-order valence-electron chi connectivity index (χ0n) is 42.9. The highest BCUT2D eigenvalue weighted by molar-refractivity contribution is 7.61. The number of phosphoric ester groups is 2. The molecule has 75 heavy (non-hydrogen) atoms. The smallest absolute Gasteiger partial charge is 0.461 e. The summed E-state index contributed by atoms with van der Waals surface area (Å²) in [6.45, 7) is 1.20. The second-order valence-electron chi connectivity index (χ2n) is 17.9. The summed E-state index contributed by atoms with van der Waals surface area (Å²) >= 11 is 0. The largest absolute Gasteiger partial charge is 0.481 e. The Bertz CT molecular complexity index is 2260. The minimum atomic E-state index is -5.72. The van der Waals surface area contributed by atoms with Crippen LogP contribution in [0.1, 0.15) is 116 Å². The number of ether oxygens (including phenoxy) is 3. The van der Waals surface area contributed by atoms with E-state index in [2.05, 4.69) is 64.8 Å². The Hall–Kier alpha value is -4.44. The van der Waals surface area contributed by atoms with Crippen LogP contribution < -0.4 is 11.4 Å². The number of hydrogen-bond acceptors (Lipinski definition) is 18. The molecular formula is C52H79N3O18P2. The van der Waals surface area contributed by atoms with Crippen LogP contribution in [0.3, 0.4) is 0 Å². The average molecular weight is 1100 g/mol. The normalized spacial score (nSPS) is 30.4. The monoisotopic (exact) mass is 1100 g/mol. The second-order valence-corrected chi connectivity index (χ2v) is 21.0. The molecule has 12 atom stereocenters. The summed E-state index contributed by atoms with van der Waals surface area (Å²) in [5, 5.41) is 57.3. The van der Waals surface area contributed by atoms with E-state index >= 15 is 0 Å². The lowest BCUT2D eigenvalue weighted by Crippen LogP contribution is -2.52. The molecule has 21 nitrogen and oxygen atoms in total. The predicted molar refractivity (Wildman–Crippen MR) is 281 cm³/mol. The molecule has 0 radical (unpaired) electrons. The van der Waals surface area contributed by atoms with Crippen LogP contribution in [-0.2, 0) is 46.3 Å². The van der Waals surface area contributed by atoms with E-state index in [0.717, 1.165) is 55.7 Å². The number of nitrogens with zero attached hydrogens (tertiary/aromatic N) is 2. The molecule has 1 saturated heterocycles. The van der Waals surface area contributed by atoms with Crippen molar-refractivity contribution >= 4 is 33.4 Å². The molecule has 23 heteroatoms. The summed E-state index contributed by atoms with van der Waals surface area (Å²) in [6.07, 6.45) is 24.3. The van der Waals surface area contributed by atoms with Gasteiger partial charge in [-0.25, -0.2) is 13.9 Å². The van der Waals surface area contributed by atoms with Crippen molar-refractivity contribution in [3.63, 3.8) is 0 Å². The zero-order chi connectivity index (χ0) is 55.1. The quantitative estimate of drug-likeness (QED) is 0.0255. The molecule has 0 aromatic carbocycles. The van der Waals surface area contributed by atoms with Gasteiger partial charge in [0.2, 0.25) is 0 Å². The molecular weight excluding hydrogens is 1020 g/mol. The van der Waals surface area contributed by atoms with Crippen molar-refractivity contribution < 1.29 is 81.6 Å². The number of aliphatic hydroxyl groups excluding tert-OH is 5. The third-order valence-electron chi connectivity index (χ3n) is 11.7. The van der Waals surface area contributed by atoms with Crippen molar-refractivity contribution in [2.45, 2.75) is 159 Å². The van der Waals surface area contributed by atoms with Crippen LogP contribution in [-0.4, -0.2) is 119 Å². The van der Waals surface area contributed by atoms with Gasteiger partial charge in [-0.3, -0.25) is 23.2 Å². The summed E-state index contributed by atoms with van der Waals surface area (Å²) in [5.41, 5.74) is 4.72. The van der Waals surface area contributed by atoms with Gasteiger partial charge >= 0.3 is 33.3 Å². The fourth-order valence-electron chi connectivity index (χ4n) is 7.71. The first-order valence-corrected chi connectivity index (χ1v) is 28.5. The number of carbonyl (C=O) groups excluding carboxylic acids is 2. The molecule has 0 amide bonds. The SMILES string of the molecule is CC/C=C\C/C=C\C/C=C\C/C=C\C/C=C\C/C=C\CCC(=O)O[C@@H]1COC(=O)C/C=C\C[C@H]2[C@H](n3ccc(N)nc3=O)O[C@H](COP(=O)(O)OP(=O)(O)OC1)[C@@H](O)[C@@H](O)[C@@H](/C=C/[C@H](O)CCCCC)[C@H](O)C[C@@H]2O. The Morgan fingerprint density at radius 1 is 0.827 bits per heavy atom. The molecule has 2 unspecified atom stereocenters. The third-order valence-corrected chi connectivity index (χ3v) is 14.3. The molecule has 420 valence electrons. The molecule has 3 heterocycles. The maximum atomic E-state index is 13.3. The lowest BCUT2D eigenvalue weighted by atomic mass is 9.82. The maximum Gasteiger partial charge on any atom is 0.481 e. The average Bonchev–Trinajstić information content (AvgIpc) is 3.35. The van der Waals surface area contributed by atoms with Crippen molar-refractivity contribution in [1.82, 2.24) is 9.55 Å².